The third kappa shape index (κ3) is 1.37. The molecule has 1 aliphatic carbocycles. The average Bonchev–Trinajstić information content (AvgIpc) is 2.05. The van der Waals surface area contributed by atoms with Gasteiger partial charge in [0.1, 0.15) is 5.17 Å². The van der Waals surface area contributed by atoms with Crippen LogP contribution >= 0.6 is 11.6 Å². The Labute approximate surface area is 75.5 Å². The number of hydrogen-bond donors (Lipinski definition) is 1. The van der Waals surface area contributed by atoms with Gasteiger partial charge in [0.05, 0.1) is 24.1 Å². The molecular formula is C8H9ClN2O. The summed E-state index contributed by atoms with van der Waals surface area (Å²) in [7, 11) is 0. The lowest BCUT2D eigenvalue weighted by Crippen LogP contribution is -2.30. The van der Waals surface area contributed by atoms with E-state index >= 15 is 0 Å². The Kier molecular flexibility index (Phi) is 1.89. The maximum Gasteiger partial charge on any atom is 0.141 e. The SMILES string of the molecule is OC1=CCC2N=C(Cl)C=NC2C1. The number of rotatable bonds is 0. The normalized spacial score (nSPS) is 33.8. The summed E-state index contributed by atoms with van der Waals surface area (Å²) in [5, 5.41) is 9.68. The van der Waals surface area contributed by atoms with Gasteiger partial charge in [-0.2, -0.15) is 0 Å². The van der Waals surface area contributed by atoms with E-state index < -0.39 is 0 Å². The molecule has 0 radical (unpaired) electrons. The van der Waals surface area contributed by atoms with E-state index in [1.54, 1.807) is 12.3 Å². The summed E-state index contributed by atoms with van der Waals surface area (Å²) >= 11 is 5.69. The van der Waals surface area contributed by atoms with E-state index in [1.165, 1.54) is 0 Å². The van der Waals surface area contributed by atoms with Crippen LogP contribution < -0.4 is 0 Å². The molecule has 0 spiro atoms. The minimum absolute atomic E-state index is 0.0949. The fourth-order valence-electron chi connectivity index (χ4n) is 1.49. The molecule has 2 aliphatic rings. The first kappa shape index (κ1) is 7.80. The van der Waals surface area contributed by atoms with Gasteiger partial charge in [0.2, 0.25) is 0 Å². The molecule has 0 aromatic rings. The van der Waals surface area contributed by atoms with Gasteiger partial charge in [-0.1, -0.05) is 11.6 Å². The van der Waals surface area contributed by atoms with Crippen molar-refractivity contribution in [3.63, 3.8) is 0 Å². The minimum Gasteiger partial charge on any atom is -0.513 e. The minimum atomic E-state index is 0.0949. The molecule has 4 heteroatoms. The highest BCUT2D eigenvalue weighted by atomic mass is 35.5. The van der Waals surface area contributed by atoms with Crippen molar-refractivity contribution >= 4 is 23.0 Å². The van der Waals surface area contributed by atoms with Crippen molar-refractivity contribution in [3.05, 3.63) is 11.8 Å². The van der Waals surface area contributed by atoms with Crippen LogP contribution in [-0.2, 0) is 0 Å². The first-order valence-corrected chi connectivity index (χ1v) is 4.28. The van der Waals surface area contributed by atoms with E-state index in [0.29, 0.717) is 17.4 Å². The van der Waals surface area contributed by atoms with Gasteiger partial charge in [0, 0.05) is 6.42 Å². The fourth-order valence-corrected chi connectivity index (χ4v) is 1.67. The molecule has 1 heterocycles. The van der Waals surface area contributed by atoms with E-state index in [2.05, 4.69) is 9.98 Å². The second kappa shape index (κ2) is 2.90. The van der Waals surface area contributed by atoms with Crippen LogP contribution in [0.3, 0.4) is 0 Å². The molecule has 0 aromatic carbocycles. The van der Waals surface area contributed by atoms with Gasteiger partial charge in [-0.25, -0.2) is 0 Å². The number of hydrogen-bond acceptors (Lipinski definition) is 3. The first-order chi connectivity index (χ1) is 5.75. The molecule has 1 N–H and O–H groups in total. The topological polar surface area (TPSA) is 45.0 Å². The quantitative estimate of drug-likeness (QED) is 0.612. The Morgan fingerprint density at radius 3 is 3.17 bits per heavy atom. The lowest BCUT2D eigenvalue weighted by molar-refractivity contribution is 0.340. The fraction of sp³-hybridized carbons (Fsp3) is 0.500. The van der Waals surface area contributed by atoms with Crippen LogP contribution in [0.2, 0.25) is 0 Å². The second-order valence-corrected chi connectivity index (χ2v) is 3.39. The zero-order chi connectivity index (χ0) is 8.55. The lowest BCUT2D eigenvalue weighted by Gasteiger charge is -2.25. The van der Waals surface area contributed by atoms with Crippen LogP contribution in [0.5, 0.6) is 0 Å². The van der Waals surface area contributed by atoms with E-state index in [9.17, 15) is 5.11 Å². The second-order valence-electron chi connectivity index (χ2n) is 3.00. The summed E-state index contributed by atoms with van der Waals surface area (Å²) in [5.41, 5.74) is 0. The molecule has 0 aromatic heterocycles. The van der Waals surface area contributed by atoms with Gasteiger partial charge in [-0.05, 0) is 12.5 Å². The highest BCUT2D eigenvalue weighted by molar-refractivity contribution is 6.80. The summed E-state index contributed by atoms with van der Waals surface area (Å²) < 4.78 is 0. The molecule has 3 nitrogen and oxygen atoms in total. The van der Waals surface area contributed by atoms with Gasteiger partial charge in [-0.3, -0.25) is 9.98 Å². The van der Waals surface area contributed by atoms with Crippen molar-refractivity contribution in [2.45, 2.75) is 24.9 Å². The largest absolute Gasteiger partial charge is 0.513 e. The molecule has 2 rings (SSSR count). The molecular weight excluding hydrogens is 176 g/mol. The molecule has 2 unspecified atom stereocenters. The third-order valence-corrected chi connectivity index (χ3v) is 2.31. The van der Waals surface area contributed by atoms with E-state index in [-0.39, 0.29) is 12.1 Å². The van der Waals surface area contributed by atoms with Crippen LogP contribution in [0, 0.1) is 0 Å². The monoisotopic (exact) mass is 184 g/mol. The summed E-state index contributed by atoms with van der Waals surface area (Å²) in [4.78, 5) is 8.41. The van der Waals surface area contributed by atoms with Gasteiger partial charge in [0.15, 0.2) is 0 Å². The van der Waals surface area contributed by atoms with Crippen molar-refractivity contribution in [1.82, 2.24) is 0 Å². The summed E-state index contributed by atoms with van der Waals surface area (Å²) in [6.07, 6.45) is 4.68. The van der Waals surface area contributed by atoms with Crippen molar-refractivity contribution in [3.8, 4) is 0 Å². The summed E-state index contributed by atoms with van der Waals surface area (Å²) in [6.45, 7) is 0. The number of fused-ring (bicyclic) bond motifs is 1. The van der Waals surface area contributed by atoms with E-state index in [4.69, 9.17) is 11.6 Å². The average molecular weight is 185 g/mol. The highest BCUT2D eigenvalue weighted by Crippen LogP contribution is 2.24. The van der Waals surface area contributed by atoms with Crippen LogP contribution in [0.15, 0.2) is 21.8 Å². The third-order valence-electron chi connectivity index (χ3n) is 2.12. The highest BCUT2D eigenvalue weighted by Gasteiger charge is 2.26. The smallest absolute Gasteiger partial charge is 0.141 e. The van der Waals surface area contributed by atoms with Crippen molar-refractivity contribution in [1.29, 1.82) is 0 Å². The van der Waals surface area contributed by atoms with Crippen molar-refractivity contribution in [2.75, 3.05) is 0 Å². The maximum absolute atomic E-state index is 9.22. The zero-order valence-corrected chi connectivity index (χ0v) is 7.20. The Hall–Kier alpha value is -0.830. The lowest BCUT2D eigenvalue weighted by atomic mass is 9.95. The Morgan fingerprint density at radius 2 is 2.33 bits per heavy atom. The Morgan fingerprint density at radius 1 is 1.50 bits per heavy atom. The Balaban J connectivity index is 2.20. The molecule has 0 saturated heterocycles. The van der Waals surface area contributed by atoms with Gasteiger partial charge in [0.25, 0.3) is 0 Å². The van der Waals surface area contributed by atoms with Gasteiger partial charge >= 0.3 is 0 Å². The Bertz CT molecular complexity index is 283. The molecule has 2 atom stereocenters. The number of nitrogens with zero attached hydrogens (tertiary/aromatic N) is 2. The molecule has 0 amide bonds. The first-order valence-electron chi connectivity index (χ1n) is 3.90. The van der Waals surface area contributed by atoms with Crippen LogP contribution in [-0.4, -0.2) is 28.6 Å². The van der Waals surface area contributed by atoms with Crippen LogP contribution in [0.25, 0.3) is 0 Å². The van der Waals surface area contributed by atoms with Crippen LogP contribution in [0.4, 0.5) is 0 Å². The summed E-state index contributed by atoms with van der Waals surface area (Å²) in [5.74, 6) is 0.418. The van der Waals surface area contributed by atoms with Crippen molar-refractivity contribution < 1.29 is 5.11 Å². The maximum atomic E-state index is 9.22. The molecule has 0 bridgehead atoms. The summed E-state index contributed by atoms with van der Waals surface area (Å²) in [6, 6.07) is 0.232. The molecule has 12 heavy (non-hydrogen) atoms. The number of aliphatic hydroxyl groups is 1. The van der Waals surface area contributed by atoms with E-state index in [0.717, 1.165) is 6.42 Å². The number of halogens is 1. The standard InChI is InChI=1S/C8H9ClN2O/c9-8-4-10-7-3-5(12)1-2-6(7)11-8/h1,4,6-7,12H,2-3H2. The molecule has 64 valence electrons. The van der Waals surface area contributed by atoms with Gasteiger partial charge < -0.3 is 5.11 Å². The molecule has 0 fully saturated rings. The van der Waals surface area contributed by atoms with Crippen molar-refractivity contribution in [2.24, 2.45) is 9.98 Å². The predicted molar refractivity (Wildman–Crippen MR) is 49.3 cm³/mol. The predicted octanol–water partition coefficient (Wildman–Crippen LogP) is 1.68. The number of aliphatic hydroxyl groups excluding tert-OH is 1. The molecule has 1 aliphatic heterocycles. The zero-order valence-electron chi connectivity index (χ0n) is 6.44. The van der Waals surface area contributed by atoms with E-state index in [1.807, 2.05) is 0 Å². The number of aliphatic imine (C=N–C) groups is 2. The van der Waals surface area contributed by atoms with Gasteiger partial charge in [-0.15, -0.1) is 0 Å². The molecule has 0 saturated carbocycles. The van der Waals surface area contributed by atoms with Crippen LogP contribution in [0.1, 0.15) is 12.8 Å².